The quantitative estimate of drug-likeness (QED) is 0.585. The Morgan fingerprint density at radius 1 is 1.31 bits per heavy atom. The van der Waals surface area contributed by atoms with Crippen molar-refractivity contribution in [1.82, 2.24) is 0 Å². The van der Waals surface area contributed by atoms with Gasteiger partial charge in [0.05, 0.1) is 11.2 Å². The summed E-state index contributed by atoms with van der Waals surface area (Å²) in [5.74, 6) is 0.499. The molecule has 0 aromatic heterocycles. The third kappa shape index (κ3) is 5.33. The number of carbonyl (C=O) groups excluding carboxylic acids is 1. The maximum absolute atomic E-state index is 11.5. The van der Waals surface area contributed by atoms with E-state index in [4.69, 9.17) is 27.3 Å². The van der Waals surface area contributed by atoms with Crippen LogP contribution in [0.1, 0.15) is 40.2 Å². The fourth-order valence-corrected chi connectivity index (χ4v) is 3.13. The molecule has 5 nitrogen and oxygen atoms in total. The minimum atomic E-state index is -0.501. The first-order chi connectivity index (χ1) is 12.0. The molecule has 1 aromatic rings. The minimum Gasteiger partial charge on any atom is -0.400 e. The van der Waals surface area contributed by atoms with Gasteiger partial charge in [-0.2, -0.15) is 0 Å². The van der Waals surface area contributed by atoms with Crippen molar-refractivity contribution in [2.75, 3.05) is 11.1 Å². The second kappa shape index (κ2) is 8.13. The lowest BCUT2D eigenvalue weighted by Gasteiger charge is -2.32. The third-order valence-corrected chi connectivity index (χ3v) is 5.49. The topological polar surface area (TPSA) is 73.6 Å². The Morgan fingerprint density at radius 2 is 1.92 bits per heavy atom. The normalized spacial score (nSPS) is 18.7. The van der Waals surface area contributed by atoms with Crippen LogP contribution in [0.15, 0.2) is 29.7 Å². The van der Waals surface area contributed by atoms with Crippen LogP contribution in [-0.4, -0.2) is 34.3 Å². The Labute approximate surface area is 165 Å². The van der Waals surface area contributed by atoms with Gasteiger partial charge in [0.1, 0.15) is 0 Å². The van der Waals surface area contributed by atoms with Gasteiger partial charge in [0.25, 0.3) is 0 Å². The number of benzene rings is 1. The van der Waals surface area contributed by atoms with E-state index >= 15 is 0 Å². The molecule has 0 saturated carbocycles. The van der Waals surface area contributed by atoms with Crippen LogP contribution < -0.4 is 11.1 Å². The molecule has 0 amide bonds. The van der Waals surface area contributed by atoms with Crippen molar-refractivity contribution in [2.45, 2.75) is 45.8 Å². The number of hydrogen-bond donors (Lipinski definition) is 2. The van der Waals surface area contributed by atoms with E-state index in [9.17, 15) is 4.79 Å². The maximum atomic E-state index is 11.5. The lowest BCUT2D eigenvalue weighted by molar-refractivity contribution is -0.109. The Balaban J connectivity index is 2.31. The van der Waals surface area contributed by atoms with Gasteiger partial charge in [-0.05, 0) is 63.1 Å². The summed E-state index contributed by atoms with van der Waals surface area (Å²) in [6.45, 7) is 9.59. The van der Waals surface area contributed by atoms with Gasteiger partial charge in [0.15, 0.2) is 10.2 Å². The van der Waals surface area contributed by atoms with Crippen molar-refractivity contribution in [2.24, 2.45) is 5.73 Å². The average molecular weight is 392 g/mol. The average Bonchev–Trinajstić information content (AvgIpc) is 2.71. The highest BCUT2D eigenvalue weighted by atomic mass is 32.2. The molecule has 3 N–H and O–H groups in total. The highest BCUT2D eigenvalue weighted by Crippen LogP contribution is 2.39. The maximum Gasteiger partial charge on any atom is 0.491 e. The van der Waals surface area contributed by atoms with Gasteiger partial charge in [-0.1, -0.05) is 30.0 Å². The van der Waals surface area contributed by atoms with Crippen LogP contribution in [0.25, 0.3) is 6.08 Å². The van der Waals surface area contributed by atoms with E-state index in [0.29, 0.717) is 5.75 Å². The fraction of sp³-hybridized carbons (Fsp3) is 0.444. The van der Waals surface area contributed by atoms with Crippen LogP contribution in [0.5, 0.6) is 0 Å². The molecule has 0 radical (unpaired) electrons. The smallest absolute Gasteiger partial charge is 0.400 e. The number of nitrogens with one attached hydrogen (secondary N) is 1. The number of rotatable bonds is 5. The predicted molar refractivity (Wildman–Crippen MR) is 114 cm³/mol. The second-order valence-corrected chi connectivity index (χ2v) is 8.79. The zero-order chi connectivity index (χ0) is 19.5. The number of thioether (sulfide) groups is 1. The van der Waals surface area contributed by atoms with Crippen molar-refractivity contribution in [3.05, 3.63) is 35.3 Å². The summed E-state index contributed by atoms with van der Waals surface area (Å²) in [6.07, 6.45) is 1.99. The molecule has 1 aliphatic rings. The highest BCUT2D eigenvalue weighted by Gasteiger charge is 2.52. The van der Waals surface area contributed by atoms with E-state index in [1.165, 1.54) is 11.8 Å². The van der Waals surface area contributed by atoms with Gasteiger partial charge in [-0.25, -0.2) is 0 Å². The number of carbonyl (C=O) groups is 1. The molecule has 0 unspecified atom stereocenters. The standard InChI is InChI=1S/C18H25BN2O3S2/c1-12(22)26-11-14(19-23-17(2,3)18(4,5)24-19)9-13-7-6-8-15(10-13)21-16(20)25/h6-10H,11H2,1-5H3,(H3,20,21,25). The zero-order valence-electron chi connectivity index (χ0n) is 15.8. The molecular weight excluding hydrogens is 367 g/mol. The van der Waals surface area contributed by atoms with Crippen LogP contribution >= 0.6 is 24.0 Å². The highest BCUT2D eigenvalue weighted by molar-refractivity contribution is 8.13. The van der Waals surface area contributed by atoms with Gasteiger partial charge in [-0.3, -0.25) is 4.79 Å². The summed E-state index contributed by atoms with van der Waals surface area (Å²) in [7, 11) is -0.501. The second-order valence-electron chi connectivity index (χ2n) is 7.20. The Hall–Kier alpha value is -1.35. The fourth-order valence-electron chi connectivity index (χ4n) is 2.42. The molecule has 2 rings (SSSR count). The number of nitrogens with two attached hydrogens (primary N) is 1. The summed E-state index contributed by atoms with van der Waals surface area (Å²) in [6, 6.07) is 7.69. The van der Waals surface area contributed by atoms with Gasteiger partial charge in [-0.15, -0.1) is 0 Å². The minimum absolute atomic E-state index is 0.0521. The van der Waals surface area contributed by atoms with Crippen LogP contribution in [0.3, 0.4) is 0 Å². The molecule has 140 valence electrons. The molecule has 1 heterocycles. The van der Waals surface area contributed by atoms with Crippen molar-refractivity contribution in [1.29, 1.82) is 0 Å². The predicted octanol–water partition coefficient (Wildman–Crippen LogP) is 3.64. The first-order valence-electron chi connectivity index (χ1n) is 8.36. The lowest BCUT2D eigenvalue weighted by Crippen LogP contribution is -2.41. The van der Waals surface area contributed by atoms with Crippen LogP contribution in [0.2, 0.25) is 0 Å². The summed E-state index contributed by atoms with van der Waals surface area (Å²) >= 11 is 6.12. The molecular formula is C18H25BN2O3S2. The Morgan fingerprint density at radius 3 is 2.46 bits per heavy atom. The van der Waals surface area contributed by atoms with Crippen LogP contribution in [0, 0.1) is 0 Å². The SMILES string of the molecule is CC(=O)SCC(=Cc1cccc(NC(N)=S)c1)B1OC(C)(C)C(C)(C)O1. The van der Waals surface area contributed by atoms with Gasteiger partial charge in [0.2, 0.25) is 0 Å². The summed E-state index contributed by atoms with van der Waals surface area (Å²) in [4.78, 5) is 11.5. The van der Waals surface area contributed by atoms with E-state index in [-0.39, 0.29) is 10.2 Å². The molecule has 0 atom stereocenters. The van der Waals surface area contributed by atoms with E-state index in [1.54, 1.807) is 6.92 Å². The van der Waals surface area contributed by atoms with E-state index < -0.39 is 18.3 Å². The molecule has 1 aromatic carbocycles. The van der Waals surface area contributed by atoms with E-state index in [0.717, 1.165) is 16.7 Å². The lowest BCUT2D eigenvalue weighted by atomic mass is 9.78. The molecule has 0 spiro atoms. The molecule has 8 heteroatoms. The van der Waals surface area contributed by atoms with E-state index in [2.05, 4.69) is 5.32 Å². The summed E-state index contributed by atoms with van der Waals surface area (Å²) in [5.41, 5.74) is 7.31. The summed E-state index contributed by atoms with van der Waals surface area (Å²) in [5, 5.41) is 3.19. The van der Waals surface area contributed by atoms with Crippen LogP contribution in [-0.2, 0) is 14.1 Å². The Kier molecular flexibility index (Phi) is 6.55. The Bertz CT molecular complexity index is 719. The molecule has 26 heavy (non-hydrogen) atoms. The van der Waals surface area contributed by atoms with Gasteiger partial charge < -0.3 is 20.4 Å². The molecule has 1 saturated heterocycles. The first-order valence-corrected chi connectivity index (χ1v) is 9.75. The summed E-state index contributed by atoms with van der Waals surface area (Å²) < 4.78 is 12.3. The van der Waals surface area contributed by atoms with Gasteiger partial charge in [0, 0.05) is 18.4 Å². The van der Waals surface area contributed by atoms with E-state index in [1.807, 2.05) is 58.0 Å². The van der Waals surface area contributed by atoms with Crippen molar-refractivity contribution < 1.29 is 14.1 Å². The van der Waals surface area contributed by atoms with Crippen molar-refractivity contribution in [3.8, 4) is 0 Å². The largest absolute Gasteiger partial charge is 0.491 e. The molecule has 1 fully saturated rings. The van der Waals surface area contributed by atoms with Crippen molar-refractivity contribution in [3.63, 3.8) is 0 Å². The molecule has 0 aliphatic carbocycles. The monoisotopic (exact) mass is 392 g/mol. The third-order valence-electron chi connectivity index (χ3n) is 4.50. The zero-order valence-corrected chi connectivity index (χ0v) is 17.4. The van der Waals surface area contributed by atoms with Gasteiger partial charge >= 0.3 is 7.12 Å². The molecule has 1 aliphatic heterocycles. The van der Waals surface area contributed by atoms with Crippen molar-refractivity contribution >= 4 is 53.1 Å². The number of hydrogen-bond acceptors (Lipinski definition) is 5. The molecule has 0 bridgehead atoms. The first kappa shape index (κ1) is 21.0. The van der Waals surface area contributed by atoms with Crippen LogP contribution in [0.4, 0.5) is 5.69 Å². The number of thiocarbonyl (C=S) groups is 1. The number of anilines is 1.